The third-order valence-corrected chi connectivity index (χ3v) is 2.72. The van der Waals surface area contributed by atoms with Crippen molar-refractivity contribution < 1.29 is 10.0 Å². The van der Waals surface area contributed by atoms with Crippen molar-refractivity contribution in [3.63, 3.8) is 0 Å². The van der Waals surface area contributed by atoms with Crippen molar-refractivity contribution in [2.75, 3.05) is 6.54 Å². The fraction of sp³-hybridized carbons (Fsp3) is 0.273. The Bertz CT molecular complexity index is 446. The predicted octanol–water partition coefficient (Wildman–Crippen LogP) is 1.51. The van der Waals surface area contributed by atoms with Gasteiger partial charge in [0.05, 0.1) is 0 Å². The van der Waals surface area contributed by atoms with E-state index in [1.165, 1.54) is 0 Å². The molecule has 5 nitrogen and oxygen atoms in total. The van der Waals surface area contributed by atoms with Gasteiger partial charge in [-0.1, -0.05) is 22.8 Å². The maximum absolute atomic E-state index is 11.8. The number of benzene rings is 1. The molecule has 6 heteroatoms. The van der Waals surface area contributed by atoms with Gasteiger partial charge in [-0.15, -0.1) is 0 Å². The van der Waals surface area contributed by atoms with Gasteiger partial charge in [-0.05, 0) is 24.6 Å². The molecule has 1 aromatic carbocycles. The van der Waals surface area contributed by atoms with Gasteiger partial charge in [0.25, 0.3) is 5.91 Å². The Morgan fingerprint density at radius 3 is 2.94 bits per heavy atom. The lowest BCUT2D eigenvalue weighted by Crippen LogP contribution is -2.28. The Balaban J connectivity index is 2.62. The molecule has 92 valence electrons. The van der Waals surface area contributed by atoms with Gasteiger partial charge >= 0.3 is 0 Å². The lowest BCUT2D eigenvalue weighted by Gasteiger charge is -2.08. The molecule has 0 aliphatic heterocycles. The molecule has 0 aliphatic rings. The number of oxime groups is 1. The first-order valence-electron chi connectivity index (χ1n) is 5.06. The van der Waals surface area contributed by atoms with Crippen LogP contribution in [0.15, 0.2) is 23.4 Å². The third kappa shape index (κ3) is 3.64. The minimum Gasteiger partial charge on any atom is -0.409 e. The van der Waals surface area contributed by atoms with Crippen LogP contribution in [0, 0.1) is 6.92 Å². The molecule has 0 aliphatic carbocycles. The summed E-state index contributed by atoms with van der Waals surface area (Å²) < 4.78 is 0. The summed E-state index contributed by atoms with van der Waals surface area (Å²) in [5.41, 5.74) is 6.54. The molecule has 0 saturated carbocycles. The van der Waals surface area contributed by atoms with Gasteiger partial charge in [0, 0.05) is 23.6 Å². The van der Waals surface area contributed by atoms with Crippen LogP contribution in [0.2, 0.25) is 5.02 Å². The highest BCUT2D eigenvalue weighted by molar-refractivity contribution is 6.31. The topological polar surface area (TPSA) is 87.7 Å². The van der Waals surface area contributed by atoms with Crippen LogP contribution in [-0.2, 0) is 0 Å². The van der Waals surface area contributed by atoms with Crippen molar-refractivity contribution >= 4 is 23.3 Å². The number of nitrogens with one attached hydrogen (secondary N) is 1. The predicted molar refractivity (Wildman–Crippen MR) is 66.5 cm³/mol. The van der Waals surface area contributed by atoms with E-state index in [4.69, 9.17) is 22.5 Å². The lowest BCUT2D eigenvalue weighted by molar-refractivity contribution is 0.0954. The fourth-order valence-electron chi connectivity index (χ4n) is 1.30. The first-order chi connectivity index (χ1) is 8.06. The van der Waals surface area contributed by atoms with Crippen molar-refractivity contribution in [2.24, 2.45) is 10.9 Å². The van der Waals surface area contributed by atoms with Crippen molar-refractivity contribution in [3.8, 4) is 0 Å². The molecule has 0 fully saturated rings. The van der Waals surface area contributed by atoms with Crippen LogP contribution in [0.4, 0.5) is 0 Å². The molecule has 0 bridgehead atoms. The summed E-state index contributed by atoms with van der Waals surface area (Å²) in [7, 11) is 0. The molecule has 0 radical (unpaired) electrons. The number of rotatable bonds is 4. The Kier molecular flexibility index (Phi) is 4.78. The number of nitrogens with two attached hydrogens (primary N) is 1. The van der Waals surface area contributed by atoms with E-state index in [0.29, 0.717) is 23.6 Å². The average Bonchev–Trinajstić information content (AvgIpc) is 2.32. The van der Waals surface area contributed by atoms with Crippen LogP contribution in [0.25, 0.3) is 0 Å². The number of hydrogen-bond donors (Lipinski definition) is 3. The standard InChI is InChI=1S/C11H14ClN3O2/c1-7-8(3-2-4-9(7)12)11(16)14-6-5-10(13)15-17/h2-4,17H,5-6H2,1H3,(H2,13,15)(H,14,16). The van der Waals surface area contributed by atoms with Crippen LogP contribution in [0.5, 0.6) is 0 Å². The number of amidine groups is 1. The first kappa shape index (κ1) is 13.3. The second-order valence-corrected chi connectivity index (χ2v) is 3.92. The van der Waals surface area contributed by atoms with E-state index in [0.717, 1.165) is 5.56 Å². The van der Waals surface area contributed by atoms with Crippen LogP contribution >= 0.6 is 11.6 Å². The summed E-state index contributed by atoms with van der Waals surface area (Å²) >= 11 is 5.91. The normalized spacial score (nSPS) is 11.3. The van der Waals surface area contributed by atoms with Gasteiger partial charge in [0.15, 0.2) is 0 Å². The zero-order valence-corrected chi connectivity index (χ0v) is 10.2. The molecule has 0 spiro atoms. The molecule has 17 heavy (non-hydrogen) atoms. The van der Waals surface area contributed by atoms with E-state index in [1.807, 2.05) is 0 Å². The van der Waals surface area contributed by atoms with Crippen molar-refractivity contribution in [3.05, 3.63) is 34.3 Å². The highest BCUT2D eigenvalue weighted by Crippen LogP contribution is 2.18. The molecular formula is C11H14ClN3O2. The molecule has 0 unspecified atom stereocenters. The van der Waals surface area contributed by atoms with Crippen molar-refractivity contribution in [2.45, 2.75) is 13.3 Å². The minimum atomic E-state index is -0.226. The Labute approximate surface area is 104 Å². The van der Waals surface area contributed by atoms with Crippen LogP contribution in [0.1, 0.15) is 22.3 Å². The summed E-state index contributed by atoms with van der Waals surface area (Å²) in [5, 5.41) is 14.4. The molecule has 1 aromatic rings. The number of carbonyl (C=O) groups is 1. The zero-order chi connectivity index (χ0) is 12.8. The van der Waals surface area contributed by atoms with Gasteiger partial charge in [-0.2, -0.15) is 0 Å². The maximum atomic E-state index is 11.8. The van der Waals surface area contributed by atoms with E-state index < -0.39 is 0 Å². The Morgan fingerprint density at radius 1 is 1.59 bits per heavy atom. The van der Waals surface area contributed by atoms with Crippen LogP contribution in [0.3, 0.4) is 0 Å². The highest BCUT2D eigenvalue weighted by Gasteiger charge is 2.10. The van der Waals surface area contributed by atoms with E-state index in [-0.39, 0.29) is 11.7 Å². The van der Waals surface area contributed by atoms with Crippen molar-refractivity contribution in [1.29, 1.82) is 0 Å². The van der Waals surface area contributed by atoms with Gasteiger partial charge in [-0.25, -0.2) is 0 Å². The Morgan fingerprint density at radius 2 is 2.29 bits per heavy atom. The summed E-state index contributed by atoms with van der Waals surface area (Å²) in [6.45, 7) is 2.08. The fourth-order valence-corrected chi connectivity index (χ4v) is 1.48. The molecule has 0 saturated heterocycles. The summed E-state index contributed by atoms with van der Waals surface area (Å²) in [6.07, 6.45) is 0.294. The summed E-state index contributed by atoms with van der Waals surface area (Å²) in [6, 6.07) is 5.14. The SMILES string of the molecule is Cc1c(Cl)cccc1C(=O)NCC/C(N)=N/O. The average molecular weight is 256 g/mol. The molecular weight excluding hydrogens is 242 g/mol. The van der Waals surface area contributed by atoms with E-state index >= 15 is 0 Å². The molecule has 0 aromatic heterocycles. The monoisotopic (exact) mass is 255 g/mol. The van der Waals surface area contributed by atoms with Gasteiger partial charge in [0.1, 0.15) is 5.84 Å². The second kappa shape index (κ2) is 6.10. The maximum Gasteiger partial charge on any atom is 0.251 e. The number of nitrogens with zero attached hydrogens (tertiary/aromatic N) is 1. The minimum absolute atomic E-state index is 0.0770. The first-order valence-corrected chi connectivity index (χ1v) is 5.43. The number of amides is 1. The van der Waals surface area contributed by atoms with Crippen LogP contribution in [-0.4, -0.2) is 23.5 Å². The second-order valence-electron chi connectivity index (χ2n) is 3.51. The molecule has 1 rings (SSSR count). The largest absolute Gasteiger partial charge is 0.409 e. The van der Waals surface area contributed by atoms with E-state index in [1.54, 1.807) is 25.1 Å². The van der Waals surface area contributed by atoms with Gasteiger partial charge in [-0.3, -0.25) is 4.79 Å². The van der Waals surface area contributed by atoms with Crippen LogP contribution < -0.4 is 11.1 Å². The van der Waals surface area contributed by atoms with E-state index in [9.17, 15) is 4.79 Å². The van der Waals surface area contributed by atoms with E-state index in [2.05, 4.69) is 10.5 Å². The highest BCUT2D eigenvalue weighted by atomic mass is 35.5. The van der Waals surface area contributed by atoms with Gasteiger partial charge in [0.2, 0.25) is 0 Å². The van der Waals surface area contributed by atoms with Crippen molar-refractivity contribution in [1.82, 2.24) is 5.32 Å². The Hall–Kier alpha value is -1.75. The molecule has 4 N–H and O–H groups in total. The lowest BCUT2D eigenvalue weighted by atomic mass is 10.1. The number of hydrogen-bond acceptors (Lipinski definition) is 3. The zero-order valence-electron chi connectivity index (χ0n) is 9.40. The molecule has 0 atom stereocenters. The summed E-state index contributed by atoms with van der Waals surface area (Å²) in [4.78, 5) is 11.8. The number of halogens is 1. The quantitative estimate of drug-likeness (QED) is 0.330. The summed E-state index contributed by atoms with van der Waals surface area (Å²) in [5.74, 6) is -0.149. The molecule has 0 heterocycles. The molecule has 1 amide bonds. The number of carbonyl (C=O) groups excluding carboxylic acids is 1. The third-order valence-electron chi connectivity index (χ3n) is 2.31. The smallest absolute Gasteiger partial charge is 0.251 e. The van der Waals surface area contributed by atoms with Gasteiger partial charge < -0.3 is 16.3 Å².